The maximum absolute atomic E-state index is 9.82. The van der Waals surface area contributed by atoms with Gasteiger partial charge in [-0.3, -0.25) is 0 Å². The molecule has 2 unspecified atom stereocenters. The third-order valence-electron chi connectivity index (χ3n) is 2.78. The standard InChI is InChI=1S/C11H14BrNO2/c12-9-3-1-2-8-7(10(14)6-13)4-5-15-11(8)9/h1-3,7,10,14H,4-6,13H2. The molecule has 3 nitrogen and oxygen atoms in total. The lowest BCUT2D eigenvalue weighted by atomic mass is 9.88. The Bertz CT molecular complexity index is 356. The molecule has 0 radical (unpaired) electrons. The summed E-state index contributed by atoms with van der Waals surface area (Å²) in [5.41, 5.74) is 6.55. The van der Waals surface area contributed by atoms with Gasteiger partial charge >= 0.3 is 0 Å². The molecule has 1 aromatic carbocycles. The van der Waals surface area contributed by atoms with Gasteiger partial charge in [0.25, 0.3) is 0 Å². The first-order valence-corrected chi connectivity index (χ1v) is 5.82. The number of benzene rings is 1. The fraction of sp³-hybridized carbons (Fsp3) is 0.455. The Morgan fingerprint density at radius 3 is 3.13 bits per heavy atom. The summed E-state index contributed by atoms with van der Waals surface area (Å²) in [6, 6.07) is 5.88. The van der Waals surface area contributed by atoms with Crippen molar-refractivity contribution in [3.63, 3.8) is 0 Å². The lowest BCUT2D eigenvalue weighted by Crippen LogP contribution is -2.31. The predicted molar refractivity (Wildman–Crippen MR) is 62.1 cm³/mol. The first-order chi connectivity index (χ1) is 7.24. The number of halogens is 1. The van der Waals surface area contributed by atoms with E-state index >= 15 is 0 Å². The molecule has 0 aromatic heterocycles. The monoisotopic (exact) mass is 271 g/mol. The second kappa shape index (κ2) is 4.51. The third kappa shape index (κ3) is 2.02. The van der Waals surface area contributed by atoms with Crippen molar-refractivity contribution in [3.05, 3.63) is 28.2 Å². The lowest BCUT2D eigenvalue weighted by Gasteiger charge is -2.29. The predicted octanol–water partition coefficient (Wildman–Crippen LogP) is 1.63. The summed E-state index contributed by atoms with van der Waals surface area (Å²) in [6.07, 6.45) is 0.337. The van der Waals surface area contributed by atoms with Crippen LogP contribution in [0.4, 0.5) is 0 Å². The van der Waals surface area contributed by atoms with E-state index in [9.17, 15) is 5.11 Å². The summed E-state index contributed by atoms with van der Waals surface area (Å²) in [4.78, 5) is 0. The highest BCUT2D eigenvalue weighted by Gasteiger charge is 2.27. The highest BCUT2D eigenvalue weighted by Crippen LogP contribution is 2.40. The Balaban J connectivity index is 2.38. The number of hydrogen-bond donors (Lipinski definition) is 2. The van der Waals surface area contributed by atoms with Gasteiger partial charge in [0.1, 0.15) is 5.75 Å². The summed E-state index contributed by atoms with van der Waals surface area (Å²) in [5, 5.41) is 9.82. The van der Waals surface area contributed by atoms with Crippen LogP contribution < -0.4 is 10.5 Å². The fourth-order valence-corrected chi connectivity index (χ4v) is 2.47. The molecule has 15 heavy (non-hydrogen) atoms. The van der Waals surface area contributed by atoms with E-state index in [4.69, 9.17) is 10.5 Å². The smallest absolute Gasteiger partial charge is 0.137 e. The van der Waals surface area contributed by atoms with Crippen LogP contribution >= 0.6 is 15.9 Å². The first-order valence-electron chi connectivity index (χ1n) is 5.03. The highest BCUT2D eigenvalue weighted by atomic mass is 79.9. The summed E-state index contributed by atoms with van der Waals surface area (Å²) in [6.45, 7) is 0.925. The molecule has 2 rings (SSSR count). The molecular formula is C11H14BrNO2. The minimum Gasteiger partial charge on any atom is -0.492 e. The molecule has 4 heteroatoms. The van der Waals surface area contributed by atoms with Gasteiger partial charge in [-0.2, -0.15) is 0 Å². The van der Waals surface area contributed by atoms with E-state index in [1.807, 2.05) is 18.2 Å². The van der Waals surface area contributed by atoms with E-state index in [1.54, 1.807) is 0 Å². The lowest BCUT2D eigenvalue weighted by molar-refractivity contribution is 0.123. The second-order valence-electron chi connectivity index (χ2n) is 3.70. The van der Waals surface area contributed by atoms with E-state index in [0.29, 0.717) is 6.61 Å². The Morgan fingerprint density at radius 1 is 1.60 bits per heavy atom. The average Bonchev–Trinajstić information content (AvgIpc) is 2.28. The second-order valence-corrected chi connectivity index (χ2v) is 4.56. The number of nitrogens with two attached hydrogens (primary N) is 1. The van der Waals surface area contributed by atoms with Crippen LogP contribution in [0, 0.1) is 0 Å². The van der Waals surface area contributed by atoms with Gasteiger partial charge in [-0.1, -0.05) is 12.1 Å². The largest absolute Gasteiger partial charge is 0.492 e. The van der Waals surface area contributed by atoms with Crippen LogP contribution in [0.25, 0.3) is 0 Å². The van der Waals surface area contributed by atoms with E-state index in [0.717, 1.165) is 22.2 Å². The number of rotatable bonds is 2. The third-order valence-corrected chi connectivity index (χ3v) is 3.40. The van der Waals surface area contributed by atoms with E-state index < -0.39 is 6.10 Å². The molecule has 2 atom stereocenters. The zero-order valence-electron chi connectivity index (χ0n) is 8.32. The van der Waals surface area contributed by atoms with Crippen LogP contribution in [0.3, 0.4) is 0 Å². The molecule has 0 fully saturated rings. The topological polar surface area (TPSA) is 55.5 Å². The van der Waals surface area contributed by atoms with Crippen molar-refractivity contribution in [2.45, 2.75) is 18.4 Å². The number of para-hydroxylation sites is 1. The fourth-order valence-electron chi connectivity index (χ4n) is 1.98. The number of aliphatic hydroxyl groups excluding tert-OH is 1. The summed E-state index contributed by atoms with van der Waals surface area (Å²) in [5.74, 6) is 0.942. The molecule has 0 spiro atoms. The summed E-state index contributed by atoms with van der Waals surface area (Å²) in [7, 11) is 0. The molecular weight excluding hydrogens is 258 g/mol. The minimum absolute atomic E-state index is 0.0937. The molecule has 3 N–H and O–H groups in total. The molecule has 1 aliphatic heterocycles. The van der Waals surface area contributed by atoms with E-state index in [2.05, 4.69) is 15.9 Å². The quantitative estimate of drug-likeness (QED) is 0.860. The summed E-state index contributed by atoms with van der Waals surface area (Å²) < 4.78 is 6.52. The van der Waals surface area contributed by atoms with Crippen molar-refractivity contribution in [1.82, 2.24) is 0 Å². The van der Waals surface area contributed by atoms with Gasteiger partial charge in [0.05, 0.1) is 17.2 Å². The molecule has 0 aliphatic carbocycles. The van der Waals surface area contributed by atoms with Crippen molar-refractivity contribution >= 4 is 15.9 Å². The average molecular weight is 272 g/mol. The summed E-state index contributed by atoms with van der Waals surface area (Å²) >= 11 is 3.44. The number of ether oxygens (including phenoxy) is 1. The van der Waals surface area contributed by atoms with Crippen LogP contribution in [0.1, 0.15) is 17.9 Å². The Morgan fingerprint density at radius 2 is 2.40 bits per heavy atom. The maximum atomic E-state index is 9.82. The molecule has 1 aliphatic rings. The van der Waals surface area contributed by atoms with E-state index in [-0.39, 0.29) is 12.5 Å². The van der Waals surface area contributed by atoms with Crippen LogP contribution in [0.15, 0.2) is 22.7 Å². The van der Waals surface area contributed by atoms with Crippen LogP contribution in [0.2, 0.25) is 0 Å². The molecule has 1 heterocycles. The number of fused-ring (bicyclic) bond motifs is 1. The van der Waals surface area contributed by atoms with Gasteiger partial charge in [-0.25, -0.2) is 0 Å². The van der Waals surface area contributed by atoms with Gasteiger partial charge in [0.15, 0.2) is 0 Å². The Hall–Kier alpha value is -0.580. The normalized spacial score (nSPS) is 21.7. The molecule has 0 bridgehead atoms. The SMILES string of the molecule is NCC(O)C1CCOc2c(Br)cccc21. The highest BCUT2D eigenvalue weighted by molar-refractivity contribution is 9.10. The van der Waals surface area contributed by atoms with Crippen molar-refractivity contribution in [2.24, 2.45) is 5.73 Å². The van der Waals surface area contributed by atoms with E-state index in [1.165, 1.54) is 0 Å². The molecule has 82 valence electrons. The molecule has 0 amide bonds. The van der Waals surface area contributed by atoms with Gasteiger partial charge in [-0.15, -0.1) is 0 Å². The van der Waals surface area contributed by atoms with Gasteiger partial charge in [0.2, 0.25) is 0 Å². The first kappa shape index (κ1) is 10.9. The van der Waals surface area contributed by atoms with Crippen molar-refractivity contribution in [3.8, 4) is 5.75 Å². The number of hydrogen-bond acceptors (Lipinski definition) is 3. The maximum Gasteiger partial charge on any atom is 0.137 e. The van der Waals surface area contributed by atoms with Crippen LogP contribution in [0.5, 0.6) is 5.75 Å². The Labute approximate surface area is 97.4 Å². The zero-order chi connectivity index (χ0) is 10.8. The van der Waals surface area contributed by atoms with Crippen LogP contribution in [-0.2, 0) is 0 Å². The van der Waals surface area contributed by atoms with Crippen molar-refractivity contribution < 1.29 is 9.84 Å². The zero-order valence-corrected chi connectivity index (χ0v) is 9.90. The Kier molecular flexibility index (Phi) is 3.29. The molecule has 1 aromatic rings. The number of aliphatic hydroxyl groups is 1. The van der Waals surface area contributed by atoms with Gasteiger partial charge < -0.3 is 15.6 Å². The van der Waals surface area contributed by atoms with Crippen molar-refractivity contribution in [1.29, 1.82) is 0 Å². The minimum atomic E-state index is -0.484. The molecule has 0 saturated carbocycles. The van der Waals surface area contributed by atoms with Gasteiger partial charge in [0, 0.05) is 18.0 Å². The molecule has 0 saturated heterocycles. The van der Waals surface area contributed by atoms with Crippen LogP contribution in [-0.4, -0.2) is 24.4 Å². The van der Waals surface area contributed by atoms with Crippen molar-refractivity contribution in [2.75, 3.05) is 13.2 Å². The van der Waals surface area contributed by atoms with Gasteiger partial charge in [-0.05, 0) is 28.4 Å².